The van der Waals surface area contributed by atoms with Gasteiger partial charge >= 0.3 is 6.03 Å². The van der Waals surface area contributed by atoms with Gasteiger partial charge < -0.3 is 19.9 Å². The van der Waals surface area contributed by atoms with Crippen LogP contribution in [0.4, 0.5) is 10.5 Å². The van der Waals surface area contributed by atoms with E-state index in [0.717, 1.165) is 24.5 Å². The van der Waals surface area contributed by atoms with Crippen molar-refractivity contribution in [3.05, 3.63) is 24.3 Å². The first-order valence-corrected chi connectivity index (χ1v) is 6.55. The summed E-state index contributed by atoms with van der Waals surface area (Å²) in [4.78, 5) is 15.9. The van der Waals surface area contributed by atoms with Gasteiger partial charge in [-0.05, 0) is 45.3 Å². The molecule has 1 aromatic rings. The van der Waals surface area contributed by atoms with Gasteiger partial charge in [0.2, 0.25) is 0 Å². The molecule has 1 heterocycles. The lowest BCUT2D eigenvalue weighted by atomic mass is 10.1. The number of likely N-dealkylation sites (N-methyl/N-ethyl adjacent to an activating group) is 1. The molecular formula is C14H21N3O2. The van der Waals surface area contributed by atoms with Crippen LogP contribution >= 0.6 is 0 Å². The lowest BCUT2D eigenvalue weighted by Gasteiger charge is -2.42. The highest BCUT2D eigenvalue weighted by Crippen LogP contribution is 2.18. The first-order chi connectivity index (χ1) is 9.10. The van der Waals surface area contributed by atoms with Crippen LogP contribution in [0.1, 0.15) is 6.92 Å². The van der Waals surface area contributed by atoms with E-state index in [1.807, 2.05) is 45.3 Å². The van der Waals surface area contributed by atoms with Gasteiger partial charge in [0, 0.05) is 24.8 Å². The molecule has 5 nitrogen and oxygen atoms in total. The second kappa shape index (κ2) is 5.93. The number of nitrogens with zero attached hydrogens (tertiary/aromatic N) is 2. The summed E-state index contributed by atoms with van der Waals surface area (Å²) in [6.45, 7) is 4.16. The number of likely N-dealkylation sites (tertiary alicyclic amines) is 1. The molecule has 1 N–H and O–H groups in total. The van der Waals surface area contributed by atoms with E-state index >= 15 is 0 Å². The van der Waals surface area contributed by atoms with Gasteiger partial charge in [0.05, 0.1) is 6.61 Å². The summed E-state index contributed by atoms with van der Waals surface area (Å²) in [5.74, 6) is 0.817. The molecule has 1 saturated heterocycles. The van der Waals surface area contributed by atoms with Crippen LogP contribution in [0.25, 0.3) is 0 Å². The van der Waals surface area contributed by atoms with Gasteiger partial charge in [-0.15, -0.1) is 0 Å². The standard InChI is InChI=1S/C14H21N3O2/c1-4-19-13-7-5-11(6-8-13)15-14(18)17-9-12(10-17)16(2)3/h5-8,12H,4,9-10H2,1-3H3,(H,15,18). The van der Waals surface area contributed by atoms with E-state index in [1.54, 1.807) is 4.90 Å². The van der Waals surface area contributed by atoms with Crippen LogP contribution in [0.3, 0.4) is 0 Å². The summed E-state index contributed by atoms with van der Waals surface area (Å²) in [6.07, 6.45) is 0. The number of hydrogen-bond acceptors (Lipinski definition) is 3. The summed E-state index contributed by atoms with van der Waals surface area (Å²) >= 11 is 0. The number of amides is 2. The Morgan fingerprint density at radius 2 is 2.00 bits per heavy atom. The third-order valence-corrected chi connectivity index (χ3v) is 3.30. The average molecular weight is 263 g/mol. The summed E-state index contributed by atoms with van der Waals surface area (Å²) in [5, 5.41) is 2.89. The SMILES string of the molecule is CCOc1ccc(NC(=O)N2CC(N(C)C)C2)cc1. The van der Waals surface area contributed by atoms with E-state index in [-0.39, 0.29) is 6.03 Å². The number of nitrogens with one attached hydrogen (secondary N) is 1. The molecule has 0 bridgehead atoms. The average Bonchev–Trinajstić information content (AvgIpc) is 2.29. The van der Waals surface area contributed by atoms with Gasteiger partial charge in [-0.3, -0.25) is 0 Å². The molecule has 2 amide bonds. The topological polar surface area (TPSA) is 44.8 Å². The number of rotatable bonds is 4. The molecular weight excluding hydrogens is 242 g/mol. The van der Waals surface area contributed by atoms with Gasteiger partial charge in [-0.2, -0.15) is 0 Å². The lowest BCUT2D eigenvalue weighted by Crippen LogP contribution is -2.60. The van der Waals surface area contributed by atoms with Crippen molar-refractivity contribution in [3.8, 4) is 5.75 Å². The molecule has 1 aliphatic rings. The van der Waals surface area contributed by atoms with Crippen molar-refractivity contribution in [1.29, 1.82) is 0 Å². The zero-order valence-corrected chi connectivity index (χ0v) is 11.7. The minimum atomic E-state index is -0.0396. The summed E-state index contributed by atoms with van der Waals surface area (Å²) in [6, 6.07) is 7.86. The van der Waals surface area contributed by atoms with Crippen molar-refractivity contribution in [2.75, 3.05) is 39.1 Å². The maximum absolute atomic E-state index is 11.9. The molecule has 1 aliphatic heterocycles. The second-order valence-corrected chi connectivity index (χ2v) is 4.91. The molecule has 5 heteroatoms. The quantitative estimate of drug-likeness (QED) is 0.902. The van der Waals surface area contributed by atoms with E-state index in [1.165, 1.54) is 0 Å². The highest BCUT2D eigenvalue weighted by atomic mass is 16.5. The highest BCUT2D eigenvalue weighted by Gasteiger charge is 2.31. The molecule has 19 heavy (non-hydrogen) atoms. The minimum Gasteiger partial charge on any atom is -0.494 e. The fourth-order valence-corrected chi connectivity index (χ4v) is 1.95. The fraction of sp³-hybridized carbons (Fsp3) is 0.500. The molecule has 0 atom stereocenters. The van der Waals surface area contributed by atoms with E-state index in [4.69, 9.17) is 4.74 Å². The number of carbonyl (C=O) groups is 1. The second-order valence-electron chi connectivity index (χ2n) is 4.91. The van der Waals surface area contributed by atoms with Gasteiger partial charge in [-0.1, -0.05) is 0 Å². The number of ether oxygens (including phenoxy) is 1. The smallest absolute Gasteiger partial charge is 0.321 e. The first kappa shape index (κ1) is 13.7. The largest absolute Gasteiger partial charge is 0.494 e. The van der Waals surface area contributed by atoms with Crippen molar-refractivity contribution < 1.29 is 9.53 Å². The number of carbonyl (C=O) groups excluding carboxylic acids is 1. The van der Waals surface area contributed by atoms with Crippen molar-refractivity contribution >= 4 is 11.7 Å². The third-order valence-electron chi connectivity index (χ3n) is 3.30. The van der Waals surface area contributed by atoms with Crippen LogP contribution in [0.15, 0.2) is 24.3 Å². The predicted molar refractivity (Wildman–Crippen MR) is 75.7 cm³/mol. The molecule has 0 radical (unpaired) electrons. The van der Waals surface area contributed by atoms with Crippen molar-refractivity contribution in [2.24, 2.45) is 0 Å². The Labute approximate surface area is 114 Å². The lowest BCUT2D eigenvalue weighted by molar-refractivity contribution is 0.0942. The third kappa shape index (κ3) is 3.38. The van der Waals surface area contributed by atoms with Crippen LogP contribution in [0.5, 0.6) is 5.75 Å². The fourth-order valence-electron chi connectivity index (χ4n) is 1.95. The minimum absolute atomic E-state index is 0.0396. The number of hydrogen-bond donors (Lipinski definition) is 1. The molecule has 0 aliphatic carbocycles. The Hall–Kier alpha value is -1.75. The monoisotopic (exact) mass is 263 g/mol. The molecule has 2 rings (SSSR count). The molecule has 0 unspecified atom stereocenters. The number of anilines is 1. The summed E-state index contributed by atoms with van der Waals surface area (Å²) in [7, 11) is 4.07. The van der Waals surface area contributed by atoms with Crippen molar-refractivity contribution in [1.82, 2.24) is 9.80 Å². The van der Waals surface area contributed by atoms with Crippen molar-refractivity contribution in [2.45, 2.75) is 13.0 Å². The van der Waals surface area contributed by atoms with Crippen LogP contribution in [-0.2, 0) is 0 Å². The number of urea groups is 1. The molecule has 0 spiro atoms. The Kier molecular flexibility index (Phi) is 4.27. The predicted octanol–water partition coefficient (Wildman–Crippen LogP) is 1.86. The molecule has 1 aromatic carbocycles. The Balaban J connectivity index is 1.83. The zero-order chi connectivity index (χ0) is 13.8. The Morgan fingerprint density at radius 3 is 2.53 bits per heavy atom. The van der Waals surface area contributed by atoms with E-state index in [9.17, 15) is 4.79 Å². The van der Waals surface area contributed by atoms with Crippen LogP contribution in [0.2, 0.25) is 0 Å². The summed E-state index contributed by atoms with van der Waals surface area (Å²) < 4.78 is 5.36. The first-order valence-electron chi connectivity index (χ1n) is 6.55. The van der Waals surface area contributed by atoms with Gasteiger partial charge in [0.25, 0.3) is 0 Å². The Bertz CT molecular complexity index is 425. The number of benzene rings is 1. The maximum atomic E-state index is 11.9. The zero-order valence-electron chi connectivity index (χ0n) is 11.7. The van der Waals surface area contributed by atoms with E-state index in [0.29, 0.717) is 12.6 Å². The molecule has 0 saturated carbocycles. The molecule has 0 aromatic heterocycles. The van der Waals surface area contributed by atoms with Crippen LogP contribution in [0, 0.1) is 0 Å². The highest BCUT2D eigenvalue weighted by molar-refractivity contribution is 5.90. The van der Waals surface area contributed by atoms with E-state index < -0.39 is 0 Å². The van der Waals surface area contributed by atoms with Gasteiger partial charge in [-0.25, -0.2) is 4.79 Å². The van der Waals surface area contributed by atoms with Gasteiger partial charge in [0.1, 0.15) is 5.75 Å². The van der Waals surface area contributed by atoms with E-state index in [2.05, 4.69) is 10.2 Å². The maximum Gasteiger partial charge on any atom is 0.321 e. The van der Waals surface area contributed by atoms with Crippen LogP contribution < -0.4 is 10.1 Å². The van der Waals surface area contributed by atoms with Crippen molar-refractivity contribution in [3.63, 3.8) is 0 Å². The van der Waals surface area contributed by atoms with Crippen LogP contribution in [-0.4, -0.2) is 55.7 Å². The normalized spacial score (nSPS) is 15.3. The van der Waals surface area contributed by atoms with Gasteiger partial charge in [0.15, 0.2) is 0 Å². The Morgan fingerprint density at radius 1 is 1.37 bits per heavy atom. The molecule has 104 valence electrons. The summed E-state index contributed by atoms with van der Waals surface area (Å²) in [5.41, 5.74) is 0.793. The molecule has 1 fully saturated rings.